The third kappa shape index (κ3) is 3.57. The molecular weight excluding hydrogens is 376 g/mol. The first kappa shape index (κ1) is 17.6. The highest BCUT2D eigenvalue weighted by Crippen LogP contribution is 2.12. The summed E-state index contributed by atoms with van der Waals surface area (Å²) in [6.45, 7) is -0.0930. The highest BCUT2D eigenvalue weighted by Gasteiger charge is 2.18. The molecule has 6 nitrogen and oxygen atoms in total. The Balaban J connectivity index is 0.00000208. The predicted molar refractivity (Wildman–Crippen MR) is 82.0 cm³/mol. The van der Waals surface area contributed by atoms with E-state index in [1.165, 1.54) is 16.8 Å². The van der Waals surface area contributed by atoms with Gasteiger partial charge in [0.1, 0.15) is 16.7 Å². The summed E-state index contributed by atoms with van der Waals surface area (Å²) in [6.07, 6.45) is 3.08. The van der Waals surface area contributed by atoms with E-state index in [4.69, 9.17) is 10.2 Å². The Bertz CT molecular complexity index is 981. The van der Waals surface area contributed by atoms with Gasteiger partial charge in [-0.25, -0.2) is 4.79 Å². The van der Waals surface area contributed by atoms with Crippen molar-refractivity contribution >= 4 is 22.7 Å². The largest absolute Gasteiger partial charge is 1.00 e. The number of amides is 1. The number of hydrogen-bond acceptors (Lipinski definition) is 4. The zero-order chi connectivity index (χ0) is 16.4. The molecule has 1 aromatic carbocycles. The summed E-state index contributed by atoms with van der Waals surface area (Å²) in [6, 6.07) is 11.6. The number of rotatable bonds is 4. The third-order valence-electron chi connectivity index (χ3n) is 3.41. The number of hydrogen-bond donors (Lipinski definition) is 1. The number of halogens is 1. The zero-order valence-corrected chi connectivity index (χ0v) is 14.0. The lowest BCUT2D eigenvalue weighted by molar-refractivity contribution is -0.683. The molecule has 0 aliphatic heterocycles. The molecule has 0 fully saturated rings. The van der Waals surface area contributed by atoms with Crippen molar-refractivity contribution in [1.82, 2.24) is 0 Å². The van der Waals surface area contributed by atoms with Crippen LogP contribution in [0.3, 0.4) is 0 Å². The minimum absolute atomic E-state index is 0. The first-order valence-corrected chi connectivity index (χ1v) is 6.89. The Kier molecular flexibility index (Phi) is 5.25. The molecule has 0 unspecified atom stereocenters. The second kappa shape index (κ2) is 7.18. The van der Waals surface area contributed by atoms with Crippen molar-refractivity contribution in [2.75, 3.05) is 0 Å². The molecule has 0 aliphatic rings. The molecule has 0 saturated heterocycles. The van der Waals surface area contributed by atoms with E-state index in [9.17, 15) is 14.4 Å². The molecule has 122 valence electrons. The lowest BCUT2D eigenvalue weighted by Gasteiger charge is -2.01. The van der Waals surface area contributed by atoms with Crippen LogP contribution >= 0.6 is 0 Å². The van der Waals surface area contributed by atoms with E-state index in [0.717, 1.165) is 0 Å². The number of Topliss-reactive ketones (excluding diaryl/α,β-unsaturated/α-hetero) is 1. The van der Waals surface area contributed by atoms with E-state index in [0.29, 0.717) is 11.0 Å². The van der Waals surface area contributed by atoms with Crippen LogP contribution in [-0.4, -0.2) is 11.7 Å². The summed E-state index contributed by atoms with van der Waals surface area (Å²) in [5.41, 5.74) is 5.21. The number of pyridine rings is 1. The predicted octanol–water partition coefficient (Wildman–Crippen LogP) is -1.93. The van der Waals surface area contributed by atoms with Gasteiger partial charge in [-0.1, -0.05) is 18.2 Å². The number of benzene rings is 1. The van der Waals surface area contributed by atoms with E-state index >= 15 is 0 Å². The maximum atomic E-state index is 12.4. The number of carbonyl (C=O) groups excluding carboxylic acids is 2. The van der Waals surface area contributed by atoms with Gasteiger partial charge in [-0.2, -0.15) is 4.57 Å². The Hall–Kier alpha value is -2.80. The molecule has 0 atom stereocenters. The first-order valence-electron chi connectivity index (χ1n) is 6.89. The van der Waals surface area contributed by atoms with Crippen LogP contribution in [0.25, 0.3) is 11.0 Å². The molecule has 3 aromatic rings. The van der Waals surface area contributed by atoms with Gasteiger partial charge in [-0.3, -0.25) is 9.59 Å². The van der Waals surface area contributed by atoms with Crippen molar-refractivity contribution in [3.63, 3.8) is 0 Å². The number of nitrogens with two attached hydrogens (primary N) is 1. The molecule has 0 saturated carbocycles. The van der Waals surface area contributed by atoms with Crippen molar-refractivity contribution in [3.05, 3.63) is 76.4 Å². The minimum Gasteiger partial charge on any atom is -1.00 e. The molecule has 0 aliphatic carbocycles. The molecule has 2 N–H and O–H groups in total. The standard InChI is InChI=1S/C17H12N2O4.BrH/c18-16(21)12-5-3-7-19(9-12)10-14(20)13-8-11-4-1-2-6-15(11)23-17(13)22;/h1-9H,10H2,(H-,18,21);1H. The van der Waals surface area contributed by atoms with Gasteiger partial charge in [0.25, 0.3) is 5.91 Å². The van der Waals surface area contributed by atoms with Crippen molar-refractivity contribution in [2.45, 2.75) is 6.54 Å². The van der Waals surface area contributed by atoms with Crippen molar-refractivity contribution in [3.8, 4) is 0 Å². The van der Waals surface area contributed by atoms with Crippen LogP contribution in [0, 0.1) is 0 Å². The van der Waals surface area contributed by atoms with E-state index in [1.807, 2.05) is 0 Å². The van der Waals surface area contributed by atoms with Gasteiger partial charge in [0.05, 0.1) is 0 Å². The number of primary amides is 1. The lowest BCUT2D eigenvalue weighted by atomic mass is 10.1. The average molecular weight is 389 g/mol. The SMILES string of the molecule is NC(=O)c1ccc[n+](CC(=O)c2cc3ccccc3oc2=O)c1.[Br-]. The Morgan fingerprint density at radius 1 is 1.12 bits per heavy atom. The van der Waals surface area contributed by atoms with Crippen molar-refractivity contribution in [1.29, 1.82) is 0 Å². The van der Waals surface area contributed by atoms with E-state index in [1.54, 1.807) is 42.6 Å². The zero-order valence-electron chi connectivity index (χ0n) is 12.4. The number of carbonyl (C=O) groups is 2. The highest BCUT2D eigenvalue weighted by atomic mass is 79.9. The molecule has 2 aromatic heterocycles. The van der Waals surface area contributed by atoms with E-state index < -0.39 is 17.3 Å². The number of fused-ring (bicyclic) bond motifs is 1. The third-order valence-corrected chi connectivity index (χ3v) is 3.41. The molecule has 0 spiro atoms. The van der Waals surface area contributed by atoms with Gasteiger partial charge in [0, 0.05) is 11.5 Å². The number of para-hydroxylation sites is 1. The topological polar surface area (TPSA) is 94.2 Å². The molecule has 1 amide bonds. The fourth-order valence-corrected chi connectivity index (χ4v) is 2.27. The van der Waals surface area contributed by atoms with Crippen LogP contribution in [0.1, 0.15) is 20.7 Å². The van der Waals surface area contributed by atoms with Crippen LogP contribution in [0.15, 0.2) is 64.1 Å². The highest BCUT2D eigenvalue weighted by molar-refractivity contribution is 5.97. The Labute approximate surface area is 147 Å². The van der Waals surface area contributed by atoms with Crippen LogP contribution in [0.2, 0.25) is 0 Å². The maximum Gasteiger partial charge on any atom is 0.347 e. The van der Waals surface area contributed by atoms with E-state index in [-0.39, 0.29) is 34.7 Å². The quantitative estimate of drug-likeness (QED) is 0.319. The normalized spacial score (nSPS) is 10.2. The van der Waals surface area contributed by atoms with Gasteiger partial charge in [-0.15, -0.1) is 0 Å². The van der Waals surface area contributed by atoms with Gasteiger partial charge < -0.3 is 27.1 Å². The Morgan fingerprint density at radius 2 is 1.88 bits per heavy atom. The fraction of sp³-hybridized carbons (Fsp3) is 0.0588. The summed E-state index contributed by atoms with van der Waals surface area (Å²) in [5, 5.41) is 0.673. The van der Waals surface area contributed by atoms with E-state index in [2.05, 4.69) is 0 Å². The monoisotopic (exact) mass is 388 g/mol. The van der Waals surface area contributed by atoms with Gasteiger partial charge in [0.2, 0.25) is 12.3 Å². The number of nitrogens with zero attached hydrogens (tertiary/aromatic N) is 1. The van der Waals surface area contributed by atoms with Crippen LogP contribution in [0.5, 0.6) is 0 Å². The summed E-state index contributed by atoms with van der Waals surface area (Å²) < 4.78 is 6.65. The Morgan fingerprint density at radius 3 is 2.62 bits per heavy atom. The van der Waals surface area contributed by atoms with Gasteiger partial charge in [0.15, 0.2) is 12.4 Å². The molecule has 3 rings (SSSR count). The van der Waals surface area contributed by atoms with Crippen molar-refractivity contribution < 1.29 is 35.6 Å². The summed E-state index contributed by atoms with van der Waals surface area (Å²) in [4.78, 5) is 35.5. The minimum atomic E-state index is -0.680. The second-order valence-corrected chi connectivity index (χ2v) is 5.04. The van der Waals surface area contributed by atoms with Gasteiger partial charge in [-0.05, 0) is 18.2 Å². The lowest BCUT2D eigenvalue weighted by Crippen LogP contribution is -3.00. The van der Waals surface area contributed by atoms with Crippen LogP contribution in [-0.2, 0) is 6.54 Å². The molecule has 0 bridgehead atoms. The second-order valence-electron chi connectivity index (χ2n) is 5.04. The number of ketones is 1. The van der Waals surface area contributed by atoms with Gasteiger partial charge >= 0.3 is 5.63 Å². The molecule has 7 heteroatoms. The summed E-state index contributed by atoms with van der Waals surface area (Å²) >= 11 is 0. The molecule has 0 radical (unpaired) electrons. The smallest absolute Gasteiger partial charge is 0.347 e. The van der Waals surface area contributed by atoms with Crippen LogP contribution < -0.4 is 32.9 Å². The van der Waals surface area contributed by atoms with Crippen molar-refractivity contribution in [2.24, 2.45) is 5.73 Å². The summed E-state index contributed by atoms with van der Waals surface area (Å²) in [7, 11) is 0. The average Bonchev–Trinajstić information content (AvgIpc) is 2.54. The first-order chi connectivity index (χ1) is 11.0. The molecular formula is C17H13BrN2O4. The van der Waals surface area contributed by atoms with Crippen LogP contribution in [0.4, 0.5) is 0 Å². The summed E-state index contributed by atoms with van der Waals surface area (Å²) in [5.74, 6) is -0.992. The fourth-order valence-electron chi connectivity index (χ4n) is 2.27. The number of aromatic nitrogens is 1. The maximum absolute atomic E-state index is 12.4. The molecule has 24 heavy (non-hydrogen) atoms. The molecule has 2 heterocycles.